The van der Waals surface area contributed by atoms with Gasteiger partial charge in [0.1, 0.15) is 12.4 Å². The van der Waals surface area contributed by atoms with E-state index in [1.165, 1.54) is 12.1 Å². The zero-order chi connectivity index (χ0) is 30.9. The van der Waals surface area contributed by atoms with Crippen LogP contribution in [0.4, 0.5) is 14.9 Å². The second-order valence-corrected chi connectivity index (χ2v) is 12.8. The predicted molar refractivity (Wildman–Crippen MR) is 172 cm³/mol. The highest BCUT2D eigenvalue weighted by Crippen LogP contribution is 2.32. The minimum absolute atomic E-state index is 0.0668. The van der Waals surface area contributed by atoms with Gasteiger partial charge in [0.05, 0.1) is 19.8 Å². The number of nitrogens with zero attached hydrogens (tertiary/aromatic N) is 3. The lowest BCUT2D eigenvalue weighted by molar-refractivity contribution is -0.133. The van der Waals surface area contributed by atoms with E-state index >= 15 is 0 Å². The van der Waals surface area contributed by atoms with Crippen LogP contribution in [0.25, 0.3) is 0 Å². The molecular formula is C34H45FN4O3S. The molecule has 4 rings (SSSR count). The van der Waals surface area contributed by atoms with Gasteiger partial charge in [-0.25, -0.2) is 9.18 Å². The van der Waals surface area contributed by atoms with Crippen LogP contribution in [0, 0.1) is 12.7 Å². The largest absolute Gasteiger partial charge is 0.379 e. The molecule has 2 aromatic carbocycles. The highest BCUT2D eigenvalue weighted by Gasteiger charge is 2.25. The van der Waals surface area contributed by atoms with Gasteiger partial charge in [0, 0.05) is 43.3 Å². The summed E-state index contributed by atoms with van der Waals surface area (Å²) >= 11 is 1.61. The van der Waals surface area contributed by atoms with E-state index in [4.69, 9.17) is 4.74 Å². The lowest BCUT2D eigenvalue weighted by Gasteiger charge is -2.32. The number of urea groups is 1. The topological polar surface area (TPSA) is 65.1 Å². The molecular weight excluding hydrogens is 563 g/mol. The normalized spacial score (nSPS) is 13.9. The van der Waals surface area contributed by atoms with Gasteiger partial charge in [-0.3, -0.25) is 9.69 Å². The van der Waals surface area contributed by atoms with Gasteiger partial charge in [0.2, 0.25) is 5.91 Å². The summed E-state index contributed by atoms with van der Waals surface area (Å²) in [6, 6.07) is 14.1. The molecule has 9 heteroatoms. The molecule has 1 N–H and O–H groups in total. The number of hydrogen-bond acceptors (Lipinski definition) is 5. The molecule has 0 saturated carbocycles. The van der Waals surface area contributed by atoms with Gasteiger partial charge < -0.3 is 19.9 Å². The third kappa shape index (κ3) is 9.11. The van der Waals surface area contributed by atoms with Gasteiger partial charge in [-0.15, -0.1) is 11.3 Å². The van der Waals surface area contributed by atoms with Crippen molar-refractivity contribution in [1.82, 2.24) is 14.7 Å². The van der Waals surface area contributed by atoms with Crippen LogP contribution in [0.2, 0.25) is 0 Å². The Bertz CT molecular complexity index is 1330. The number of hydrogen-bond donors (Lipinski definition) is 1. The van der Waals surface area contributed by atoms with Crippen LogP contribution in [-0.4, -0.2) is 72.6 Å². The van der Waals surface area contributed by atoms with Gasteiger partial charge in [-0.1, -0.05) is 58.0 Å². The molecule has 1 aliphatic rings. The Hall–Kier alpha value is -3.27. The number of anilines is 1. The number of carbonyl (C=O) groups excluding carboxylic acids is 2. The Kier molecular flexibility index (Phi) is 11.7. The molecule has 3 amide bonds. The van der Waals surface area contributed by atoms with E-state index in [-0.39, 0.29) is 36.1 Å². The van der Waals surface area contributed by atoms with E-state index in [9.17, 15) is 14.0 Å². The number of para-hydroxylation sites is 1. The number of carbonyl (C=O) groups is 2. The molecule has 1 aromatic heterocycles. The van der Waals surface area contributed by atoms with Crippen LogP contribution in [-0.2, 0) is 22.6 Å². The van der Waals surface area contributed by atoms with Crippen LogP contribution in [0.1, 0.15) is 66.7 Å². The fourth-order valence-electron chi connectivity index (χ4n) is 5.27. The first-order valence-electron chi connectivity index (χ1n) is 15.2. The standard InChI is InChI=1S/C34H45FN4O3S/c1-24(2)29-7-6-8-30(25(3)4)33(29)36-34(41)38(15-14-37-16-18-42-19-17-37)23-32(40)39(22-31-26(5)13-20-43-31)21-27-9-11-28(35)12-10-27/h6-13,20,24-25H,14-19,21-23H2,1-5H3,(H,36,41). The van der Waals surface area contributed by atoms with Crippen molar-refractivity contribution in [3.63, 3.8) is 0 Å². The maximum Gasteiger partial charge on any atom is 0.322 e. The SMILES string of the molecule is Cc1ccsc1CN(Cc1ccc(F)cc1)C(=O)CN(CCN1CCOCC1)C(=O)Nc1c(C(C)C)cccc1C(C)C. The number of benzene rings is 2. The quantitative estimate of drug-likeness (QED) is 0.245. The summed E-state index contributed by atoms with van der Waals surface area (Å²) in [5, 5.41) is 5.24. The number of amides is 3. The minimum atomic E-state index is -0.316. The maximum atomic E-state index is 14.0. The molecule has 43 heavy (non-hydrogen) atoms. The second kappa shape index (κ2) is 15.5. The van der Waals surface area contributed by atoms with Gasteiger partial charge in [-0.2, -0.15) is 0 Å². The van der Waals surface area contributed by atoms with Crippen LogP contribution >= 0.6 is 11.3 Å². The fourth-order valence-corrected chi connectivity index (χ4v) is 6.19. The van der Waals surface area contributed by atoms with Gasteiger partial charge in [-0.05, 0) is 64.6 Å². The molecule has 0 atom stereocenters. The number of rotatable bonds is 12. The first-order chi connectivity index (χ1) is 20.6. The summed E-state index contributed by atoms with van der Waals surface area (Å²) in [6.45, 7) is 15.2. The fraction of sp³-hybridized carbons (Fsp3) is 0.471. The van der Waals surface area contributed by atoms with Gasteiger partial charge in [0.15, 0.2) is 0 Å². The van der Waals surface area contributed by atoms with Crippen molar-refractivity contribution in [2.75, 3.05) is 51.3 Å². The van der Waals surface area contributed by atoms with Crippen molar-refractivity contribution < 1.29 is 18.7 Å². The minimum Gasteiger partial charge on any atom is -0.379 e. The number of thiophene rings is 1. The maximum absolute atomic E-state index is 14.0. The van der Waals surface area contributed by atoms with Crippen molar-refractivity contribution in [2.24, 2.45) is 0 Å². The monoisotopic (exact) mass is 608 g/mol. The first kappa shape index (κ1) is 32.6. The second-order valence-electron chi connectivity index (χ2n) is 11.8. The molecule has 0 radical (unpaired) electrons. The Labute approximate surface area is 259 Å². The average Bonchev–Trinajstić information content (AvgIpc) is 3.40. The smallest absolute Gasteiger partial charge is 0.322 e. The predicted octanol–water partition coefficient (Wildman–Crippen LogP) is 6.84. The molecule has 232 valence electrons. The molecule has 0 aliphatic carbocycles. The van der Waals surface area contributed by atoms with Crippen LogP contribution in [0.5, 0.6) is 0 Å². The highest BCUT2D eigenvalue weighted by molar-refractivity contribution is 7.10. The molecule has 0 unspecified atom stereocenters. The zero-order valence-electron chi connectivity index (χ0n) is 26.1. The summed E-state index contributed by atoms with van der Waals surface area (Å²) in [6.07, 6.45) is 0. The number of ether oxygens (including phenoxy) is 1. The summed E-state index contributed by atoms with van der Waals surface area (Å²) in [7, 11) is 0. The molecule has 0 bridgehead atoms. The Balaban J connectivity index is 1.59. The average molecular weight is 609 g/mol. The van der Waals surface area contributed by atoms with Crippen molar-refractivity contribution in [1.29, 1.82) is 0 Å². The molecule has 2 heterocycles. The van der Waals surface area contributed by atoms with Gasteiger partial charge >= 0.3 is 6.03 Å². The Morgan fingerprint density at radius 3 is 2.19 bits per heavy atom. The highest BCUT2D eigenvalue weighted by atomic mass is 32.1. The summed E-state index contributed by atoms with van der Waals surface area (Å²) in [5.74, 6) is -0.0325. The van der Waals surface area contributed by atoms with E-state index < -0.39 is 0 Å². The third-order valence-electron chi connectivity index (χ3n) is 7.95. The third-order valence-corrected chi connectivity index (χ3v) is 8.96. The first-order valence-corrected chi connectivity index (χ1v) is 16.0. The lowest BCUT2D eigenvalue weighted by atomic mass is 9.93. The van der Waals surface area contributed by atoms with Crippen molar-refractivity contribution in [3.05, 3.63) is 86.9 Å². The van der Waals surface area contributed by atoms with E-state index in [2.05, 4.69) is 50.0 Å². The summed E-state index contributed by atoms with van der Waals surface area (Å²) < 4.78 is 19.1. The van der Waals surface area contributed by atoms with Crippen molar-refractivity contribution in [2.45, 2.75) is 59.5 Å². The van der Waals surface area contributed by atoms with Crippen molar-refractivity contribution in [3.8, 4) is 0 Å². The van der Waals surface area contributed by atoms with E-state index in [1.54, 1.807) is 33.3 Å². The summed E-state index contributed by atoms with van der Waals surface area (Å²) in [5.41, 5.74) is 4.94. The lowest BCUT2D eigenvalue weighted by Crippen LogP contribution is -2.48. The van der Waals surface area contributed by atoms with E-state index in [0.29, 0.717) is 39.4 Å². The van der Waals surface area contributed by atoms with Crippen LogP contribution in [0.3, 0.4) is 0 Å². The Morgan fingerprint density at radius 1 is 0.953 bits per heavy atom. The van der Waals surface area contributed by atoms with Crippen molar-refractivity contribution >= 4 is 29.0 Å². The zero-order valence-corrected chi connectivity index (χ0v) is 26.9. The van der Waals surface area contributed by atoms with Crippen LogP contribution in [0.15, 0.2) is 53.9 Å². The van der Waals surface area contributed by atoms with E-state index in [1.807, 2.05) is 24.4 Å². The molecule has 1 fully saturated rings. The number of morpholine rings is 1. The van der Waals surface area contributed by atoms with Crippen LogP contribution < -0.4 is 5.32 Å². The number of nitrogens with one attached hydrogen (secondary N) is 1. The Morgan fingerprint density at radius 2 is 1.60 bits per heavy atom. The number of halogens is 1. The summed E-state index contributed by atoms with van der Waals surface area (Å²) in [4.78, 5) is 34.8. The molecule has 7 nitrogen and oxygen atoms in total. The number of aryl methyl sites for hydroxylation is 1. The molecule has 1 aliphatic heterocycles. The van der Waals surface area contributed by atoms with Gasteiger partial charge in [0.25, 0.3) is 0 Å². The molecule has 3 aromatic rings. The molecule has 0 spiro atoms. The van der Waals surface area contributed by atoms with E-state index in [0.717, 1.165) is 45.9 Å². The molecule has 1 saturated heterocycles.